The molecule has 1 radical (unpaired) electrons. The molecule has 1 fully saturated rings. The van der Waals surface area contributed by atoms with Crippen molar-refractivity contribution < 1.29 is 35.9 Å². The molecule has 1 heterocycles. The van der Waals surface area contributed by atoms with Gasteiger partial charge in [0.15, 0.2) is 0 Å². The number of hydrogen-bond donors (Lipinski definition) is 0. The summed E-state index contributed by atoms with van der Waals surface area (Å²) in [6.45, 7) is 2.52. The van der Waals surface area contributed by atoms with Crippen LogP contribution in [0.2, 0.25) is 0 Å². The third kappa shape index (κ3) is 5.55. The summed E-state index contributed by atoms with van der Waals surface area (Å²) in [7, 11) is 0. The highest BCUT2D eigenvalue weighted by atomic mass is 19.4. The van der Waals surface area contributed by atoms with Crippen molar-refractivity contribution in [3.05, 3.63) is 65.2 Å². The molecule has 1 aliphatic heterocycles. The second kappa shape index (κ2) is 9.29. The van der Waals surface area contributed by atoms with Crippen LogP contribution in [0.25, 0.3) is 17.2 Å². The third-order valence-corrected chi connectivity index (χ3v) is 5.26. The van der Waals surface area contributed by atoms with Crippen molar-refractivity contribution in [2.45, 2.75) is 19.3 Å². The fourth-order valence-corrected chi connectivity index (χ4v) is 3.62. The van der Waals surface area contributed by atoms with Gasteiger partial charge < -0.3 is 9.80 Å². The minimum absolute atomic E-state index is 0.133. The zero-order chi connectivity index (χ0) is 24.4. The Bertz CT molecular complexity index is 1070. The minimum Gasteiger partial charge on any atom is -0.339 e. The molecular formula is C23H19F6N2O2. The van der Waals surface area contributed by atoms with Gasteiger partial charge in [-0.2, -0.15) is 26.3 Å². The SMILES string of the molecule is CC(=O)N1CCN(C(=O)/C=C/c2cc[c]c(C(F)(F)F)c2-c2ccccc2C(F)(F)F)CC1. The molecule has 0 saturated carbocycles. The van der Waals surface area contributed by atoms with Gasteiger partial charge in [-0.1, -0.05) is 30.3 Å². The molecule has 0 aromatic heterocycles. The number of alkyl halides is 6. The van der Waals surface area contributed by atoms with Crippen LogP contribution in [0.1, 0.15) is 23.6 Å². The minimum atomic E-state index is -4.97. The van der Waals surface area contributed by atoms with Crippen LogP contribution < -0.4 is 0 Å². The lowest BCUT2D eigenvalue weighted by molar-refractivity contribution is -0.139. The molecule has 33 heavy (non-hydrogen) atoms. The van der Waals surface area contributed by atoms with E-state index >= 15 is 0 Å². The summed E-state index contributed by atoms with van der Waals surface area (Å²) in [5.74, 6) is -0.652. The Morgan fingerprint density at radius 1 is 0.909 bits per heavy atom. The van der Waals surface area contributed by atoms with Gasteiger partial charge in [-0.15, -0.1) is 0 Å². The molecular weight excluding hydrogens is 450 g/mol. The average molecular weight is 469 g/mol. The fourth-order valence-electron chi connectivity index (χ4n) is 3.62. The van der Waals surface area contributed by atoms with Crippen molar-refractivity contribution >= 4 is 17.9 Å². The molecule has 0 aliphatic carbocycles. The summed E-state index contributed by atoms with van der Waals surface area (Å²) in [5, 5.41) is 0. The van der Waals surface area contributed by atoms with Gasteiger partial charge in [0.1, 0.15) is 0 Å². The van der Waals surface area contributed by atoms with Crippen molar-refractivity contribution in [1.82, 2.24) is 9.80 Å². The third-order valence-electron chi connectivity index (χ3n) is 5.26. The Balaban J connectivity index is 2.01. The Morgan fingerprint density at radius 2 is 1.52 bits per heavy atom. The molecule has 2 aromatic carbocycles. The van der Waals surface area contributed by atoms with Crippen LogP contribution in [0, 0.1) is 6.07 Å². The number of nitrogens with zero attached hydrogens (tertiary/aromatic N) is 2. The van der Waals surface area contributed by atoms with Crippen LogP contribution in [0.5, 0.6) is 0 Å². The molecule has 0 atom stereocenters. The number of amides is 2. The van der Waals surface area contributed by atoms with Gasteiger partial charge in [0.05, 0.1) is 11.1 Å². The van der Waals surface area contributed by atoms with Crippen LogP contribution in [-0.4, -0.2) is 47.8 Å². The maximum absolute atomic E-state index is 13.7. The number of hydrogen-bond acceptors (Lipinski definition) is 2. The largest absolute Gasteiger partial charge is 0.417 e. The van der Waals surface area contributed by atoms with Crippen molar-refractivity contribution in [3.8, 4) is 11.1 Å². The Labute approximate surface area is 186 Å². The van der Waals surface area contributed by atoms with E-state index in [1.807, 2.05) is 6.07 Å². The summed E-state index contributed by atoms with van der Waals surface area (Å²) in [4.78, 5) is 26.9. The van der Waals surface area contributed by atoms with E-state index in [1.165, 1.54) is 24.0 Å². The molecule has 4 nitrogen and oxygen atoms in total. The van der Waals surface area contributed by atoms with Gasteiger partial charge in [-0.3, -0.25) is 9.59 Å². The van der Waals surface area contributed by atoms with Crippen molar-refractivity contribution in [3.63, 3.8) is 0 Å². The van der Waals surface area contributed by atoms with E-state index in [4.69, 9.17) is 0 Å². The smallest absolute Gasteiger partial charge is 0.339 e. The quantitative estimate of drug-likeness (QED) is 0.474. The van der Waals surface area contributed by atoms with E-state index in [0.29, 0.717) is 19.2 Å². The van der Waals surface area contributed by atoms with Crippen molar-refractivity contribution in [2.75, 3.05) is 26.2 Å². The van der Waals surface area contributed by atoms with E-state index in [1.54, 1.807) is 4.90 Å². The number of benzene rings is 2. The predicted octanol–water partition coefficient (Wildman–Crippen LogP) is 4.90. The predicted molar refractivity (Wildman–Crippen MR) is 109 cm³/mol. The molecule has 1 saturated heterocycles. The first kappa shape index (κ1) is 24.3. The molecule has 2 amide bonds. The second-order valence-corrected chi connectivity index (χ2v) is 7.39. The maximum Gasteiger partial charge on any atom is 0.417 e. The number of piperazine rings is 1. The fraction of sp³-hybridized carbons (Fsp3) is 0.304. The molecule has 10 heteroatoms. The molecule has 0 spiro atoms. The lowest BCUT2D eigenvalue weighted by Gasteiger charge is -2.33. The molecule has 1 aliphatic rings. The number of carbonyl (C=O) groups excluding carboxylic acids is 2. The number of rotatable bonds is 3. The average Bonchev–Trinajstić information content (AvgIpc) is 2.76. The normalized spacial score (nSPS) is 15.2. The van der Waals surface area contributed by atoms with Crippen LogP contribution >= 0.6 is 0 Å². The monoisotopic (exact) mass is 469 g/mol. The number of carbonyl (C=O) groups is 2. The molecule has 0 bridgehead atoms. The molecule has 175 valence electrons. The summed E-state index contributed by atoms with van der Waals surface area (Å²) < 4.78 is 81.7. The summed E-state index contributed by atoms with van der Waals surface area (Å²) in [5.41, 5.74) is -4.14. The highest BCUT2D eigenvalue weighted by molar-refractivity contribution is 5.94. The first-order chi connectivity index (χ1) is 15.4. The van der Waals surface area contributed by atoms with Gasteiger partial charge in [0.2, 0.25) is 11.8 Å². The Hall–Kier alpha value is -3.30. The second-order valence-electron chi connectivity index (χ2n) is 7.39. The van der Waals surface area contributed by atoms with Crippen molar-refractivity contribution in [1.29, 1.82) is 0 Å². The Kier molecular flexibility index (Phi) is 6.85. The molecule has 0 N–H and O–H groups in total. The van der Waals surface area contributed by atoms with Gasteiger partial charge in [0.25, 0.3) is 0 Å². The van der Waals surface area contributed by atoms with E-state index in [9.17, 15) is 35.9 Å². The summed E-state index contributed by atoms with van der Waals surface area (Å²) in [6, 6.07) is 8.10. The van der Waals surface area contributed by atoms with Crippen LogP contribution in [0.15, 0.2) is 42.5 Å². The zero-order valence-electron chi connectivity index (χ0n) is 17.4. The Morgan fingerprint density at radius 3 is 2.09 bits per heavy atom. The van der Waals surface area contributed by atoms with Crippen molar-refractivity contribution in [2.24, 2.45) is 0 Å². The van der Waals surface area contributed by atoms with Crippen LogP contribution in [-0.2, 0) is 21.9 Å². The lowest BCUT2D eigenvalue weighted by Crippen LogP contribution is -2.49. The highest BCUT2D eigenvalue weighted by Crippen LogP contribution is 2.44. The lowest BCUT2D eigenvalue weighted by atomic mass is 9.90. The zero-order valence-corrected chi connectivity index (χ0v) is 17.4. The first-order valence-electron chi connectivity index (χ1n) is 9.90. The van der Waals surface area contributed by atoms with Crippen LogP contribution in [0.3, 0.4) is 0 Å². The van der Waals surface area contributed by atoms with Crippen LogP contribution in [0.4, 0.5) is 26.3 Å². The van der Waals surface area contributed by atoms with Gasteiger partial charge in [0, 0.05) is 44.7 Å². The molecule has 0 unspecified atom stereocenters. The van der Waals surface area contributed by atoms with E-state index in [-0.39, 0.29) is 24.6 Å². The standard InChI is InChI=1S/C23H19F6N2O2/c1-15(32)30-11-13-31(14-12-30)20(33)10-9-16-5-4-8-19(23(27,28)29)21(16)17-6-2-3-7-18(17)22(24,25)26/h2-7,9-10H,11-14H2,1H3/b10-9+. The van der Waals surface area contributed by atoms with E-state index < -0.39 is 40.5 Å². The van der Waals surface area contributed by atoms with E-state index in [0.717, 1.165) is 30.4 Å². The molecule has 2 aromatic rings. The van der Waals surface area contributed by atoms with Gasteiger partial charge in [-0.05, 0) is 29.3 Å². The maximum atomic E-state index is 13.7. The highest BCUT2D eigenvalue weighted by Gasteiger charge is 2.39. The summed E-state index contributed by atoms with van der Waals surface area (Å²) >= 11 is 0. The molecule has 3 rings (SSSR count). The van der Waals surface area contributed by atoms with Gasteiger partial charge in [-0.25, -0.2) is 0 Å². The number of halogens is 6. The first-order valence-corrected chi connectivity index (χ1v) is 9.90. The van der Waals surface area contributed by atoms with E-state index in [2.05, 4.69) is 0 Å². The summed E-state index contributed by atoms with van der Waals surface area (Å²) in [6.07, 6.45) is -7.75. The van der Waals surface area contributed by atoms with Gasteiger partial charge >= 0.3 is 12.4 Å². The topological polar surface area (TPSA) is 40.6 Å².